The van der Waals surface area contributed by atoms with Gasteiger partial charge < -0.3 is 19.8 Å². The van der Waals surface area contributed by atoms with Crippen LogP contribution in [-0.4, -0.2) is 18.4 Å². The van der Waals surface area contributed by atoms with Gasteiger partial charge in [-0.25, -0.2) is 0 Å². The van der Waals surface area contributed by atoms with Crippen molar-refractivity contribution in [3.63, 3.8) is 0 Å². The molecule has 0 saturated carbocycles. The van der Waals surface area contributed by atoms with Gasteiger partial charge in [0.25, 0.3) is 5.91 Å². The Labute approximate surface area is 163 Å². The van der Waals surface area contributed by atoms with Gasteiger partial charge in [-0.3, -0.25) is 9.59 Å². The lowest BCUT2D eigenvalue weighted by Gasteiger charge is -2.09. The molecule has 0 aliphatic heterocycles. The fourth-order valence-electron chi connectivity index (χ4n) is 2.54. The number of carbonyl (C=O) groups is 2. The molecule has 144 valence electrons. The molecule has 0 fully saturated rings. The van der Waals surface area contributed by atoms with Gasteiger partial charge in [0.2, 0.25) is 5.91 Å². The Hall–Kier alpha value is -3.54. The second-order valence-electron chi connectivity index (χ2n) is 6.18. The van der Waals surface area contributed by atoms with Crippen molar-refractivity contribution in [1.29, 1.82) is 0 Å². The molecular formula is C22H22N2O4. The first kappa shape index (κ1) is 19.2. The Kier molecular flexibility index (Phi) is 6.84. The highest BCUT2D eigenvalue weighted by Crippen LogP contribution is 2.17. The van der Waals surface area contributed by atoms with E-state index in [4.69, 9.17) is 9.15 Å². The Balaban J connectivity index is 1.35. The smallest absolute Gasteiger partial charge is 0.286 e. The lowest BCUT2D eigenvalue weighted by atomic mass is 10.2. The van der Waals surface area contributed by atoms with Crippen LogP contribution in [0.3, 0.4) is 0 Å². The minimum absolute atomic E-state index is 0.106. The molecule has 3 rings (SSSR count). The molecule has 1 heterocycles. The highest BCUT2D eigenvalue weighted by Gasteiger charge is 2.08. The number of hydrogen-bond donors (Lipinski definition) is 2. The van der Waals surface area contributed by atoms with Crippen molar-refractivity contribution >= 4 is 17.5 Å². The summed E-state index contributed by atoms with van der Waals surface area (Å²) in [4.78, 5) is 23.7. The predicted octanol–water partition coefficient (Wildman–Crippen LogP) is 4.01. The molecule has 0 spiro atoms. The molecule has 0 radical (unpaired) electrons. The minimum Gasteiger partial charge on any atom is -0.489 e. The van der Waals surface area contributed by atoms with Gasteiger partial charge >= 0.3 is 0 Å². The van der Waals surface area contributed by atoms with Crippen molar-refractivity contribution < 1.29 is 18.7 Å². The normalized spacial score (nSPS) is 10.3. The van der Waals surface area contributed by atoms with Crippen molar-refractivity contribution in [3.05, 3.63) is 84.3 Å². The van der Waals surface area contributed by atoms with Crippen LogP contribution in [0.25, 0.3) is 0 Å². The summed E-state index contributed by atoms with van der Waals surface area (Å²) in [7, 11) is 0. The Morgan fingerprint density at radius 2 is 1.71 bits per heavy atom. The summed E-state index contributed by atoms with van der Waals surface area (Å²) in [5, 5.41) is 5.54. The molecule has 28 heavy (non-hydrogen) atoms. The maximum atomic E-state index is 12.0. The minimum atomic E-state index is -0.281. The molecule has 0 unspecified atom stereocenters. The second kappa shape index (κ2) is 9.97. The van der Waals surface area contributed by atoms with Crippen LogP contribution in [0.5, 0.6) is 5.75 Å². The largest absolute Gasteiger partial charge is 0.489 e. The third-order valence-corrected chi connectivity index (χ3v) is 4.00. The van der Waals surface area contributed by atoms with Crippen LogP contribution in [-0.2, 0) is 11.4 Å². The van der Waals surface area contributed by atoms with E-state index in [1.807, 2.05) is 42.5 Å². The standard InChI is InChI=1S/C22H22N2O4/c25-21(9-4-14-23-22(26)20-8-5-15-27-20)24-18-10-12-19(13-11-18)28-16-17-6-2-1-3-7-17/h1-3,5-8,10-13,15H,4,9,14,16H2,(H,23,26)(H,24,25). The van der Waals surface area contributed by atoms with E-state index in [0.717, 1.165) is 11.3 Å². The van der Waals surface area contributed by atoms with Crippen molar-refractivity contribution in [2.24, 2.45) is 0 Å². The van der Waals surface area contributed by atoms with E-state index in [9.17, 15) is 9.59 Å². The molecule has 0 atom stereocenters. The van der Waals surface area contributed by atoms with Gasteiger partial charge in [0.05, 0.1) is 6.26 Å². The Morgan fingerprint density at radius 3 is 2.43 bits per heavy atom. The average molecular weight is 378 g/mol. The zero-order chi connectivity index (χ0) is 19.6. The van der Waals surface area contributed by atoms with Crippen LogP contribution < -0.4 is 15.4 Å². The molecule has 2 amide bonds. The van der Waals surface area contributed by atoms with Crippen LogP contribution in [0.15, 0.2) is 77.4 Å². The molecule has 6 nitrogen and oxygen atoms in total. The average Bonchev–Trinajstić information content (AvgIpc) is 3.26. The highest BCUT2D eigenvalue weighted by molar-refractivity contribution is 5.92. The zero-order valence-corrected chi connectivity index (χ0v) is 15.4. The number of hydrogen-bond acceptors (Lipinski definition) is 4. The first-order chi connectivity index (χ1) is 13.7. The summed E-state index contributed by atoms with van der Waals surface area (Å²) in [6, 6.07) is 20.4. The van der Waals surface area contributed by atoms with E-state index in [1.54, 1.807) is 24.3 Å². The van der Waals surface area contributed by atoms with E-state index >= 15 is 0 Å². The fourth-order valence-corrected chi connectivity index (χ4v) is 2.54. The lowest BCUT2D eigenvalue weighted by molar-refractivity contribution is -0.116. The molecular weight excluding hydrogens is 356 g/mol. The number of anilines is 1. The summed E-state index contributed by atoms with van der Waals surface area (Å²) in [5.41, 5.74) is 1.80. The SMILES string of the molecule is O=C(CCCNC(=O)c1ccco1)Nc1ccc(OCc2ccccc2)cc1. The summed E-state index contributed by atoms with van der Waals surface area (Å²) >= 11 is 0. The van der Waals surface area contributed by atoms with Crippen LogP contribution >= 0.6 is 0 Å². The number of amides is 2. The third-order valence-electron chi connectivity index (χ3n) is 4.00. The number of ether oxygens (including phenoxy) is 1. The van der Waals surface area contributed by atoms with Gasteiger partial charge in [-0.2, -0.15) is 0 Å². The molecule has 6 heteroatoms. The van der Waals surface area contributed by atoms with Crippen LogP contribution in [0.2, 0.25) is 0 Å². The van der Waals surface area contributed by atoms with Gasteiger partial charge in [0.15, 0.2) is 5.76 Å². The summed E-state index contributed by atoms with van der Waals surface area (Å²) in [6.07, 6.45) is 2.29. The van der Waals surface area contributed by atoms with E-state index in [2.05, 4.69) is 10.6 Å². The van der Waals surface area contributed by atoms with Crippen molar-refractivity contribution in [2.45, 2.75) is 19.4 Å². The van der Waals surface area contributed by atoms with Crippen molar-refractivity contribution in [2.75, 3.05) is 11.9 Å². The van der Waals surface area contributed by atoms with E-state index < -0.39 is 0 Å². The number of benzene rings is 2. The number of nitrogens with one attached hydrogen (secondary N) is 2. The Bertz CT molecular complexity index is 875. The van der Waals surface area contributed by atoms with E-state index in [1.165, 1.54) is 6.26 Å². The van der Waals surface area contributed by atoms with E-state index in [-0.39, 0.29) is 17.6 Å². The summed E-state index contributed by atoms with van der Waals surface area (Å²) < 4.78 is 10.7. The molecule has 0 aliphatic carbocycles. The number of rotatable bonds is 9. The summed E-state index contributed by atoms with van der Waals surface area (Å²) in [5.74, 6) is 0.614. The molecule has 2 N–H and O–H groups in total. The Morgan fingerprint density at radius 1 is 0.929 bits per heavy atom. The number of carbonyl (C=O) groups excluding carboxylic acids is 2. The molecule has 1 aromatic heterocycles. The van der Waals surface area contributed by atoms with E-state index in [0.29, 0.717) is 31.7 Å². The lowest BCUT2D eigenvalue weighted by Crippen LogP contribution is -2.25. The molecule has 2 aromatic carbocycles. The van der Waals surface area contributed by atoms with Gasteiger partial charge in [0.1, 0.15) is 12.4 Å². The third kappa shape index (κ3) is 6.02. The quantitative estimate of drug-likeness (QED) is 0.552. The van der Waals surface area contributed by atoms with Crippen LogP contribution in [0, 0.1) is 0 Å². The van der Waals surface area contributed by atoms with Gasteiger partial charge in [-0.15, -0.1) is 0 Å². The summed E-state index contributed by atoms with van der Waals surface area (Å²) in [6.45, 7) is 0.898. The highest BCUT2D eigenvalue weighted by atomic mass is 16.5. The first-order valence-corrected chi connectivity index (χ1v) is 9.09. The van der Waals surface area contributed by atoms with Crippen molar-refractivity contribution in [1.82, 2.24) is 5.32 Å². The van der Waals surface area contributed by atoms with Gasteiger partial charge in [-0.1, -0.05) is 30.3 Å². The second-order valence-corrected chi connectivity index (χ2v) is 6.18. The molecule has 3 aromatic rings. The van der Waals surface area contributed by atoms with Crippen LogP contribution in [0.4, 0.5) is 5.69 Å². The maximum absolute atomic E-state index is 12.0. The topological polar surface area (TPSA) is 80.6 Å². The maximum Gasteiger partial charge on any atom is 0.286 e. The van der Waals surface area contributed by atoms with Crippen molar-refractivity contribution in [3.8, 4) is 5.75 Å². The monoisotopic (exact) mass is 378 g/mol. The fraction of sp³-hybridized carbons (Fsp3) is 0.182. The zero-order valence-electron chi connectivity index (χ0n) is 15.4. The molecule has 0 bridgehead atoms. The van der Waals surface area contributed by atoms with Crippen LogP contribution in [0.1, 0.15) is 29.0 Å². The first-order valence-electron chi connectivity index (χ1n) is 9.09. The number of furan rings is 1. The van der Waals surface area contributed by atoms with Gasteiger partial charge in [0, 0.05) is 18.7 Å². The molecule has 0 aliphatic rings. The predicted molar refractivity (Wildman–Crippen MR) is 106 cm³/mol. The molecule has 0 saturated heterocycles. The van der Waals surface area contributed by atoms with Gasteiger partial charge in [-0.05, 0) is 48.4 Å².